The number of halogens is 1. The fourth-order valence-corrected chi connectivity index (χ4v) is 3.51. The Morgan fingerprint density at radius 3 is 2.89 bits per heavy atom. The van der Waals surface area contributed by atoms with Crippen LogP contribution in [0.25, 0.3) is 0 Å². The van der Waals surface area contributed by atoms with Gasteiger partial charge in [-0.25, -0.2) is 0 Å². The summed E-state index contributed by atoms with van der Waals surface area (Å²) in [4.78, 5) is 0. The lowest BCUT2D eigenvalue weighted by Crippen LogP contribution is -2.38. The van der Waals surface area contributed by atoms with E-state index in [9.17, 15) is 5.11 Å². The molecule has 2 rings (SSSR count). The number of nitrogens with zero attached hydrogens (tertiary/aromatic N) is 2. The molecule has 0 spiro atoms. The minimum atomic E-state index is -0.282. The summed E-state index contributed by atoms with van der Waals surface area (Å²) in [6.07, 6.45) is 3.61. The van der Waals surface area contributed by atoms with Crippen molar-refractivity contribution in [1.29, 1.82) is 0 Å². The van der Waals surface area contributed by atoms with Crippen molar-refractivity contribution in [3.8, 4) is 0 Å². The average molecular weight is 330 g/mol. The lowest BCUT2D eigenvalue weighted by Gasteiger charge is -2.27. The standard InChI is InChI=1S/C14H24BrN3O/c1-3-11-14(15)12(18(4-2)17-11)8-13(19)10-6-5-7-16-9-10/h10,13,16,19H,3-9H2,1-2H3. The van der Waals surface area contributed by atoms with Crippen LogP contribution in [0.4, 0.5) is 0 Å². The molecule has 1 aliphatic rings. The number of piperidine rings is 1. The van der Waals surface area contributed by atoms with Gasteiger partial charge in [0.05, 0.1) is 22.0 Å². The van der Waals surface area contributed by atoms with E-state index < -0.39 is 0 Å². The summed E-state index contributed by atoms with van der Waals surface area (Å²) in [5.41, 5.74) is 2.23. The zero-order chi connectivity index (χ0) is 13.8. The van der Waals surface area contributed by atoms with Crippen LogP contribution in [0.15, 0.2) is 4.47 Å². The Labute approximate surface area is 123 Å². The fraction of sp³-hybridized carbons (Fsp3) is 0.786. The van der Waals surface area contributed by atoms with Gasteiger partial charge >= 0.3 is 0 Å². The van der Waals surface area contributed by atoms with Crippen molar-refractivity contribution in [2.75, 3.05) is 13.1 Å². The Bertz CT molecular complexity index is 413. The molecule has 0 aliphatic carbocycles. The third kappa shape index (κ3) is 3.38. The Balaban J connectivity index is 2.10. The van der Waals surface area contributed by atoms with Crippen molar-refractivity contribution in [3.63, 3.8) is 0 Å². The van der Waals surface area contributed by atoms with Crippen molar-refractivity contribution in [1.82, 2.24) is 15.1 Å². The Morgan fingerprint density at radius 1 is 1.53 bits per heavy atom. The second kappa shape index (κ2) is 6.86. The van der Waals surface area contributed by atoms with Crippen LogP contribution in [0.3, 0.4) is 0 Å². The van der Waals surface area contributed by atoms with Crippen LogP contribution in [0.2, 0.25) is 0 Å². The maximum Gasteiger partial charge on any atom is 0.0766 e. The van der Waals surface area contributed by atoms with Crippen molar-refractivity contribution in [2.24, 2.45) is 5.92 Å². The molecule has 0 amide bonds. The van der Waals surface area contributed by atoms with Gasteiger partial charge < -0.3 is 10.4 Å². The third-order valence-electron chi connectivity index (χ3n) is 3.98. The zero-order valence-electron chi connectivity index (χ0n) is 11.8. The molecular weight excluding hydrogens is 306 g/mol. The molecule has 0 aromatic carbocycles. The number of hydrogen-bond acceptors (Lipinski definition) is 3. The Kier molecular flexibility index (Phi) is 5.42. The summed E-state index contributed by atoms with van der Waals surface area (Å²) >= 11 is 3.65. The largest absolute Gasteiger partial charge is 0.392 e. The molecule has 0 bridgehead atoms. The minimum Gasteiger partial charge on any atom is -0.392 e. The topological polar surface area (TPSA) is 50.1 Å². The molecule has 108 valence electrons. The van der Waals surface area contributed by atoms with Gasteiger partial charge in [0, 0.05) is 19.5 Å². The second-order valence-electron chi connectivity index (χ2n) is 5.25. The molecule has 1 aromatic rings. The number of aliphatic hydroxyl groups is 1. The van der Waals surface area contributed by atoms with Crippen LogP contribution >= 0.6 is 15.9 Å². The van der Waals surface area contributed by atoms with Crippen molar-refractivity contribution in [2.45, 2.75) is 52.2 Å². The van der Waals surface area contributed by atoms with E-state index in [1.54, 1.807) is 0 Å². The first-order valence-corrected chi connectivity index (χ1v) is 8.09. The highest BCUT2D eigenvalue weighted by molar-refractivity contribution is 9.10. The highest BCUT2D eigenvalue weighted by atomic mass is 79.9. The zero-order valence-corrected chi connectivity index (χ0v) is 13.4. The van der Waals surface area contributed by atoms with Crippen LogP contribution in [0.5, 0.6) is 0 Å². The maximum absolute atomic E-state index is 10.5. The molecule has 0 radical (unpaired) electrons. The Hall–Kier alpha value is -0.390. The summed E-state index contributed by atoms with van der Waals surface area (Å²) < 4.78 is 3.10. The molecule has 0 saturated carbocycles. The van der Waals surface area contributed by atoms with Gasteiger partial charge in [0.2, 0.25) is 0 Å². The molecule has 1 aromatic heterocycles. The molecule has 1 aliphatic heterocycles. The average Bonchev–Trinajstić information content (AvgIpc) is 2.76. The fourth-order valence-electron chi connectivity index (χ4n) is 2.78. The monoisotopic (exact) mass is 329 g/mol. The molecule has 2 heterocycles. The first-order chi connectivity index (χ1) is 9.17. The van der Waals surface area contributed by atoms with Crippen LogP contribution in [-0.4, -0.2) is 34.1 Å². The normalized spacial score (nSPS) is 21.6. The molecule has 4 nitrogen and oxygen atoms in total. The number of hydrogen-bond donors (Lipinski definition) is 2. The van der Waals surface area contributed by atoms with Crippen LogP contribution in [-0.2, 0) is 19.4 Å². The summed E-state index contributed by atoms with van der Waals surface area (Å²) in [5.74, 6) is 0.367. The number of aryl methyl sites for hydroxylation is 2. The highest BCUT2D eigenvalue weighted by Crippen LogP contribution is 2.26. The first-order valence-electron chi connectivity index (χ1n) is 7.30. The quantitative estimate of drug-likeness (QED) is 0.870. The molecule has 1 saturated heterocycles. The third-order valence-corrected chi connectivity index (χ3v) is 4.89. The maximum atomic E-state index is 10.5. The predicted molar refractivity (Wildman–Crippen MR) is 80.3 cm³/mol. The summed E-state index contributed by atoms with van der Waals surface area (Å²) in [7, 11) is 0. The molecule has 1 fully saturated rings. The van der Waals surface area contributed by atoms with Crippen LogP contribution < -0.4 is 5.32 Å². The minimum absolute atomic E-state index is 0.282. The van der Waals surface area contributed by atoms with E-state index in [0.717, 1.165) is 54.8 Å². The number of rotatable bonds is 5. The van der Waals surface area contributed by atoms with Gasteiger partial charge in [-0.1, -0.05) is 6.92 Å². The van der Waals surface area contributed by atoms with Crippen LogP contribution in [0.1, 0.15) is 38.1 Å². The molecular formula is C14H24BrN3O. The van der Waals surface area contributed by atoms with Gasteiger partial charge in [0.1, 0.15) is 0 Å². The van der Waals surface area contributed by atoms with Gasteiger partial charge in [0.25, 0.3) is 0 Å². The Morgan fingerprint density at radius 2 is 2.32 bits per heavy atom. The van der Waals surface area contributed by atoms with Crippen molar-refractivity contribution in [3.05, 3.63) is 15.9 Å². The lowest BCUT2D eigenvalue weighted by molar-refractivity contribution is 0.0901. The van der Waals surface area contributed by atoms with Crippen molar-refractivity contribution >= 4 is 15.9 Å². The van der Waals surface area contributed by atoms with E-state index in [1.165, 1.54) is 0 Å². The highest BCUT2D eigenvalue weighted by Gasteiger charge is 2.25. The summed E-state index contributed by atoms with van der Waals surface area (Å²) in [6, 6.07) is 0. The molecule has 2 unspecified atom stereocenters. The van der Waals surface area contributed by atoms with E-state index in [1.807, 2.05) is 4.68 Å². The number of aliphatic hydroxyl groups excluding tert-OH is 1. The van der Waals surface area contributed by atoms with E-state index in [0.29, 0.717) is 12.3 Å². The van der Waals surface area contributed by atoms with Crippen molar-refractivity contribution < 1.29 is 5.11 Å². The van der Waals surface area contributed by atoms with Gasteiger partial charge in [-0.05, 0) is 54.6 Å². The first kappa shape index (κ1) is 15.0. The van der Waals surface area contributed by atoms with Crippen LogP contribution in [0, 0.1) is 5.92 Å². The van der Waals surface area contributed by atoms with Gasteiger partial charge in [-0.15, -0.1) is 0 Å². The smallest absolute Gasteiger partial charge is 0.0766 e. The van der Waals surface area contributed by atoms with Gasteiger partial charge in [-0.3, -0.25) is 4.68 Å². The second-order valence-corrected chi connectivity index (χ2v) is 6.05. The lowest BCUT2D eigenvalue weighted by atomic mass is 9.91. The molecule has 19 heavy (non-hydrogen) atoms. The molecule has 5 heteroatoms. The van der Waals surface area contributed by atoms with E-state index in [2.05, 4.69) is 40.2 Å². The molecule has 2 atom stereocenters. The van der Waals surface area contributed by atoms with E-state index >= 15 is 0 Å². The van der Waals surface area contributed by atoms with Gasteiger partial charge in [0.15, 0.2) is 0 Å². The predicted octanol–water partition coefficient (Wildman–Crippen LogP) is 2.13. The molecule has 2 N–H and O–H groups in total. The number of nitrogens with one attached hydrogen (secondary N) is 1. The van der Waals surface area contributed by atoms with Gasteiger partial charge in [-0.2, -0.15) is 5.10 Å². The SMILES string of the molecule is CCc1nn(CC)c(CC(O)C2CCCNC2)c1Br. The summed E-state index contributed by atoms with van der Waals surface area (Å²) in [6.45, 7) is 7.07. The summed E-state index contributed by atoms with van der Waals surface area (Å²) in [5, 5.41) is 18.4. The van der Waals surface area contributed by atoms with E-state index in [4.69, 9.17) is 0 Å². The number of aromatic nitrogens is 2. The van der Waals surface area contributed by atoms with E-state index in [-0.39, 0.29) is 6.10 Å².